The van der Waals surface area contributed by atoms with E-state index in [0.717, 1.165) is 23.2 Å². The Hall–Kier alpha value is -4.29. The number of carboxylic acids is 1. The van der Waals surface area contributed by atoms with Crippen LogP contribution >= 0.6 is 0 Å². The van der Waals surface area contributed by atoms with Gasteiger partial charge in [0.25, 0.3) is 6.01 Å². The first kappa shape index (κ1) is 33.1. The van der Waals surface area contributed by atoms with E-state index in [4.69, 9.17) is 4.74 Å². The molecule has 5 rings (SSSR count). The van der Waals surface area contributed by atoms with Crippen LogP contribution in [0.15, 0.2) is 48.5 Å². The van der Waals surface area contributed by atoms with Gasteiger partial charge in [0.05, 0.1) is 23.1 Å². The number of carboxylic acid groups (broad SMARTS) is 1. The molecular weight excluding hydrogens is 603 g/mol. The highest BCUT2D eigenvalue weighted by Gasteiger charge is 2.61. The number of alkyl halides is 3. The van der Waals surface area contributed by atoms with Crippen molar-refractivity contribution in [3.63, 3.8) is 0 Å². The molecule has 1 aromatic heterocycles. The maximum Gasteiger partial charge on any atom is 0.416 e. The summed E-state index contributed by atoms with van der Waals surface area (Å²) in [6.45, 7) is 9.65. The van der Waals surface area contributed by atoms with Crippen LogP contribution in [-0.2, 0) is 27.1 Å². The second-order valence-electron chi connectivity index (χ2n) is 13.2. The largest absolute Gasteiger partial charge is 0.479 e. The zero-order chi connectivity index (χ0) is 33.6. The molecule has 0 spiro atoms. The van der Waals surface area contributed by atoms with Crippen LogP contribution in [0.2, 0.25) is 0 Å². The highest BCUT2D eigenvalue weighted by molar-refractivity contribution is 5.96. The van der Waals surface area contributed by atoms with Crippen molar-refractivity contribution in [3.8, 4) is 6.01 Å². The van der Waals surface area contributed by atoms with Crippen LogP contribution < -0.4 is 15.4 Å². The number of amides is 2. The van der Waals surface area contributed by atoms with Gasteiger partial charge in [0, 0.05) is 18.7 Å². The molecule has 2 fully saturated rings. The number of carbonyl (C=O) groups excluding carboxylic acids is 2. The van der Waals surface area contributed by atoms with Crippen molar-refractivity contribution in [3.05, 3.63) is 54.1 Å². The molecular formula is C33H40F3N5O5. The van der Waals surface area contributed by atoms with E-state index in [0.29, 0.717) is 19.0 Å². The predicted molar refractivity (Wildman–Crippen MR) is 165 cm³/mol. The minimum atomic E-state index is -4.57. The van der Waals surface area contributed by atoms with Crippen molar-refractivity contribution in [2.24, 2.45) is 11.3 Å². The van der Waals surface area contributed by atoms with Gasteiger partial charge in [-0.2, -0.15) is 18.2 Å². The zero-order valence-corrected chi connectivity index (χ0v) is 26.5. The molecule has 46 heavy (non-hydrogen) atoms. The average molecular weight is 644 g/mol. The molecule has 0 bridgehead atoms. The zero-order valence-electron chi connectivity index (χ0n) is 26.5. The molecule has 3 aromatic rings. The number of hydrogen-bond donors (Lipinski definition) is 3. The first-order valence-corrected chi connectivity index (χ1v) is 15.5. The Kier molecular flexibility index (Phi) is 8.73. The number of nitrogens with one attached hydrogen (secondary N) is 2. The van der Waals surface area contributed by atoms with Gasteiger partial charge < -0.3 is 25.4 Å². The number of aliphatic carboxylic acids is 1. The van der Waals surface area contributed by atoms with Gasteiger partial charge in [0.1, 0.15) is 23.7 Å². The molecule has 10 nitrogen and oxygen atoms in total. The van der Waals surface area contributed by atoms with E-state index >= 15 is 0 Å². The van der Waals surface area contributed by atoms with Crippen LogP contribution in [0.3, 0.4) is 0 Å². The van der Waals surface area contributed by atoms with Crippen LogP contribution in [0.25, 0.3) is 11.0 Å². The number of likely N-dealkylation sites (tertiary alicyclic amines) is 1. The second kappa shape index (κ2) is 12.1. The van der Waals surface area contributed by atoms with Crippen LogP contribution in [0.4, 0.5) is 18.9 Å². The molecule has 1 aliphatic carbocycles. The minimum absolute atomic E-state index is 0.0159. The second-order valence-corrected chi connectivity index (χ2v) is 13.2. The molecule has 1 saturated heterocycles. The number of imidazole rings is 1. The molecule has 2 aromatic carbocycles. The Morgan fingerprint density at radius 2 is 1.83 bits per heavy atom. The monoisotopic (exact) mass is 643 g/mol. The summed E-state index contributed by atoms with van der Waals surface area (Å²) in [5.74, 6) is -2.51. The number of nitrogens with zero attached hydrogens (tertiary/aromatic N) is 3. The van der Waals surface area contributed by atoms with E-state index in [2.05, 4.69) is 15.6 Å². The van der Waals surface area contributed by atoms with E-state index in [-0.39, 0.29) is 31.0 Å². The quantitative estimate of drug-likeness (QED) is 0.273. The summed E-state index contributed by atoms with van der Waals surface area (Å²) in [5, 5.41) is 15.7. The van der Waals surface area contributed by atoms with Crippen molar-refractivity contribution < 1.29 is 37.4 Å². The van der Waals surface area contributed by atoms with Crippen molar-refractivity contribution >= 4 is 34.5 Å². The van der Waals surface area contributed by atoms with E-state index in [1.165, 1.54) is 17.0 Å². The molecule has 0 radical (unpaired) electrons. The molecule has 5 atom stereocenters. The number of hydrogen-bond acceptors (Lipinski definition) is 6. The summed E-state index contributed by atoms with van der Waals surface area (Å²) in [7, 11) is 0. The molecule has 2 aliphatic rings. The van der Waals surface area contributed by atoms with Crippen LogP contribution in [0, 0.1) is 11.3 Å². The Balaban J connectivity index is 1.46. The highest BCUT2D eigenvalue weighted by Crippen LogP contribution is 2.46. The van der Waals surface area contributed by atoms with Crippen molar-refractivity contribution in [1.29, 1.82) is 0 Å². The smallest absolute Gasteiger partial charge is 0.416 e. The van der Waals surface area contributed by atoms with Gasteiger partial charge in [0.2, 0.25) is 11.8 Å². The lowest BCUT2D eigenvalue weighted by Gasteiger charge is -2.36. The van der Waals surface area contributed by atoms with Gasteiger partial charge in [-0.1, -0.05) is 52.3 Å². The third-order valence-electron chi connectivity index (χ3n) is 9.00. The van der Waals surface area contributed by atoms with Gasteiger partial charge in [-0.25, -0.2) is 4.79 Å². The number of anilines is 1. The van der Waals surface area contributed by atoms with E-state index < -0.39 is 58.7 Å². The maximum absolute atomic E-state index is 14.4. The number of para-hydroxylation sites is 2. The summed E-state index contributed by atoms with van der Waals surface area (Å²) in [4.78, 5) is 46.4. The lowest BCUT2D eigenvalue weighted by molar-refractivity contribution is -0.146. The minimum Gasteiger partial charge on any atom is -0.479 e. The number of carbonyl (C=O) groups is 3. The summed E-state index contributed by atoms with van der Waals surface area (Å²) in [6.07, 6.45) is -4.33. The summed E-state index contributed by atoms with van der Waals surface area (Å²) in [5.41, 5.74) is -1.39. The Labute approximate surface area is 265 Å². The maximum atomic E-state index is 14.4. The molecule has 2 amide bonds. The molecule has 1 saturated carbocycles. The number of halogens is 3. The number of aromatic nitrogens is 2. The molecule has 248 valence electrons. The number of aryl methyl sites for hydroxylation is 1. The third-order valence-corrected chi connectivity index (χ3v) is 9.00. The van der Waals surface area contributed by atoms with Gasteiger partial charge in [-0.05, 0) is 55.0 Å². The fourth-order valence-electron chi connectivity index (χ4n) is 6.33. The first-order valence-electron chi connectivity index (χ1n) is 15.5. The number of benzene rings is 2. The lowest BCUT2D eigenvalue weighted by atomic mass is 9.85. The summed E-state index contributed by atoms with van der Waals surface area (Å²) < 4.78 is 48.6. The average Bonchev–Trinajstić information content (AvgIpc) is 3.36. The molecule has 1 unspecified atom stereocenters. The van der Waals surface area contributed by atoms with Gasteiger partial charge in [0.15, 0.2) is 0 Å². The standard InChI is InChI=1S/C33H40F3N5O5/c1-6-19-17-32(19,29(44)45)39-27(42)25-16-22(46-30-38-23-13-8-9-14-24(23)40(30)7-2)18-41(25)28(43)26(31(3,4)5)37-21-12-10-11-20(15-21)33(34,35)36/h8-15,19,22,25-26,37H,6-7,16-18H2,1-5H3,(H,39,42)(H,44,45)/t19-,22-,25+,26-,32?/m1/s1. The number of fused-ring (bicyclic) bond motifs is 1. The lowest BCUT2D eigenvalue weighted by Crippen LogP contribution is -2.56. The normalized spacial score (nSPS) is 23.7. The fraction of sp³-hybridized carbons (Fsp3) is 0.515. The van der Waals surface area contributed by atoms with Gasteiger partial charge in [-0.3, -0.25) is 14.2 Å². The van der Waals surface area contributed by atoms with Crippen LogP contribution in [0.5, 0.6) is 6.01 Å². The Bertz CT molecular complexity index is 1630. The number of rotatable bonds is 10. The third kappa shape index (κ3) is 6.36. The van der Waals surface area contributed by atoms with E-state index in [1.54, 1.807) is 20.8 Å². The molecule has 3 N–H and O–H groups in total. The molecule has 2 heterocycles. The molecule has 1 aliphatic heterocycles. The van der Waals surface area contributed by atoms with E-state index in [1.807, 2.05) is 42.7 Å². The number of ether oxygens (including phenoxy) is 1. The Morgan fingerprint density at radius 3 is 2.43 bits per heavy atom. The first-order chi connectivity index (χ1) is 21.6. The summed E-state index contributed by atoms with van der Waals surface area (Å²) >= 11 is 0. The Morgan fingerprint density at radius 1 is 1.11 bits per heavy atom. The topological polar surface area (TPSA) is 126 Å². The van der Waals surface area contributed by atoms with Gasteiger partial charge in [-0.15, -0.1) is 0 Å². The highest BCUT2D eigenvalue weighted by atomic mass is 19.4. The van der Waals surface area contributed by atoms with Gasteiger partial charge >= 0.3 is 12.1 Å². The van der Waals surface area contributed by atoms with Crippen molar-refractivity contribution in [2.45, 2.75) is 90.3 Å². The predicted octanol–water partition coefficient (Wildman–Crippen LogP) is 5.32. The van der Waals surface area contributed by atoms with Crippen molar-refractivity contribution in [2.75, 3.05) is 11.9 Å². The van der Waals surface area contributed by atoms with Crippen LogP contribution in [-0.4, -0.2) is 67.6 Å². The molecule has 13 heteroatoms. The van der Waals surface area contributed by atoms with E-state index in [9.17, 15) is 32.7 Å². The van der Waals surface area contributed by atoms with Crippen molar-refractivity contribution in [1.82, 2.24) is 19.8 Å². The SMILES string of the molecule is CC[C@@H]1CC1(NC(=O)[C@@H]1C[C@@H](Oc2nc3ccccc3n2CC)CN1C(=O)[C@@H](Nc1cccc(C(F)(F)F)c1)C(C)(C)C)C(=O)O. The summed E-state index contributed by atoms with van der Waals surface area (Å²) in [6, 6.07) is 10.3. The fourth-order valence-corrected chi connectivity index (χ4v) is 6.33. The van der Waals surface area contributed by atoms with Crippen LogP contribution in [0.1, 0.15) is 59.4 Å².